The molecule has 0 aliphatic rings. The predicted molar refractivity (Wildman–Crippen MR) is 75.9 cm³/mol. The Hall–Kier alpha value is -0.300. The zero-order chi connectivity index (χ0) is 13.7. The van der Waals surface area contributed by atoms with Gasteiger partial charge in [-0.1, -0.05) is 19.1 Å². The van der Waals surface area contributed by atoms with Gasteiger partial charge in [0.05, 0.1) is 5.57 Å². The average molecular weight is 296 g/mol. The maximum Gasteiger partial charge on any atom is 0.332 e. The number of carbonyl (C=O) groups is 2. The van der Waals surface area contributed by atoms with Crippen LogP contribution in [0.5, 0.6) is 5.75 Å². The molecule has 0 heterocycles. The maximum atomic E-state index is 11.1. The van der Waals surface area contributed by atoms with E-state index in [1.54, 1.807) is 19.1 Å². The Morgan fingerprint density at radius 3 is 1.75 bits per heavy atom. The summed E-state index contributed by atoms with van der Waals surface area (Å²) in [5, 5.41) is 27.1. The van der Waals surface area contributed by atoms with Gasteiger partial charge < -0.3 is 15.3 Å². The number of aromatic hydroxyl groups is 1. The van der Waals surface area contributed by atoms with Gasteiger partial charge in [0.1, 0.15) is 5.75 Å². The molecular weight excluding hydrogens is 282 g/mol. The van der Waals surface area contributed by atoms with Crippen LogP contribution < -0.4 is 0 Å². The van der Waals surface area contributed by atoms with E-state index in [0.29, 0.717) is 5.56 Å². The number of aliphatic carboxylic acids is 2. The molecule has 2 radical (unpaired) electrons. The van der Waals surface area contributed by atoms with Gasteiger partial charge in [-0.15, -0.1) is 0 Å². The zero-order valence-corrected chi connectivity index (χ0v) is 15.9. The van der Waals surface area contributed by atoms with Gasteiger partial charge in [0.15, 0.2) is 0 Å². The fraction of sp³-hybridized carbons (Fsp3) is 0.231. The molecule has 1 aromatic rings. The quantitative estimate of drug-likeness (QED) is 0.557. The van der Waals surface area contributed by atoms with Gasteiger partial charge in [-0.05, 0) is 24.1 Å². The molecule has 0 unspecified atom stereocenters. The van der Waals surface area contributed by atoms with Gasteiger partial charge in [-0.3, -0.25) is 0 Å². The largest absolute Gasteiger partial charge is 0.508 e. The van der Waals surface area contributed by atoms with Crippen LogP contribution in [0.3, 0.4) is 0 Å². The normalized spacial score (nSPS) is 10.7. The number of phenolic OH excluding ortho intramolecular Hbond substituents is 1. The second kappa shape index (κ2) is 10.4. The molecule has 0 atom stereocenters. The molecule has 1 rings (SSSR count). The Morgan fingerprint density at radius 2 is 1.40 bits per heavy atom. The first kappa shape index (κ1) is 22.0. The van der Waals surface area contributed by atoms with E-state index in [2.05, 4.69) is 0 Å². The number of rotatable bonds is 5. The Kier molecular flexibility index (Phi) is 11.5. The van der Waals surface area contributed by atoms with Crippen LogP contribution >= 0.6 is 0 Å². The Balaban J connectivity index is 0. The third kappa shape index (κ3) is 6.43. The molecule has 20 heavy (non-hydrogen) atoms. The van der Waals surface area contributed by atoms with E-state index in [1.807, 2.05) is 0 Å². The van der Waals surface area contributed by atoms with Crippen molar-refractivity contribution in [2.75, 3.05) is 0 Å². The van der Waals surface area contributed by atoms with E-state index in [1.165, 1.54) is 12.1 Å². The van der Waals surface area contributed by atoms with Crippen LogP contribution in [0.1, 0.15) is 18.9 Å². The first-order valence-corrected chi connectivity index (χ1v) is 5.42. The Bertz CT molecular complexity index is 494. The molecule has 0 spiro atoms. The minimum Gasteiger partial charge on any atom is -0.508 e. The number of hydrogen-bond donors (Lipinski definition) is 3. The van der Waals surface area contributed by atoms with Gasteiger partial charge in [-0.2, -0.15) is 0 Å². The molecule has 0 amide bonds. The van der Waals surface area contributed by atoms with Crippen LogP contribution in [0.4, 0.5) is 0 Å². The summed E-state index contributed by atoms with van der Waals surface area (Å²) >= 11 is 0. The van der Waals surface area contributed by atoms with E-state index >= 15 is 0 Å². The third-order valence-corrected chi connectivity index (χ3v) is 2.55. The van der Waals surface area contributed by atoms with Gasteiger partial charge in [0.25, 0.3) is 0 Å². The fourth-order valence-corrected chi connectivity index (χ4v) is 1.62. The second-order valence-electron chi connectivity index (χ2n) is 3.76. The summed E-state index contributed by atoms with van der Waals surface area (Å²) in [5.41, 5.74) is 0.406. The molecule has 0 aromatic heterocycles. The predicted octanol–water partition coefficient (Wildman–Crippen LogP) is 1.05. The van der Waals surface area contributed by atoms with Gasteiger partial charge in [0, 0.05) is 71.1 Å². The van der Waals surface area contributed by atoms with Crippen LogP contribution in [0.15, 0.2) is 35.4 Å². The van der Waals surface area contributed by atoms with Crippen LogP contribution in [0, 0.1) is 0 Å². The zero-order valence-electron chi connectivity index (χ0n) is 11.9. The van der Waals surface area contributed by atoms with Gasteiger partial charge in [-0.25, -0.2) is 9.59 Å². The minimum atomic E-state index is -1.23. The van der Waals surface area contributed by atoms with E-state index in [9.17, 15) is 9.59 Å². The van der Waals surface area contributed by atoms with Crippen LogP contribution in [-0.2, 0) is 16.0 Å². The first-order valence-electron chi connectivity index (χ1n) is 5.42. The number of benzene rings is 1. The van der Waals surface area contributed by atoms with Crippen LogP contribution in [-0.4, -0.2) is 86.4 Å². The summed E-state index contributed by atoms with van der Waals surface area (Å²) in [6, 6.07) is 5.99. The van der Waals surface area contributed by atoms with Gasteiger partial charge >= 0.3 is 11.9 Å². The second-order valence-corrected chi connectivity index (χ2v) is 3.76. The molecule has 0 aliphatic heterocycles. The van der Waals surface area contributed by atoms with Crippen LogP contribution in [0.2, 0.25) is 0 Å². The molecule has 0 saturated heterocycles. The smallest absolute Gasteiger partial charge is 0.332 e. The summed E-state index contributed by atoms with van der Waals surface area (Å²) in [6.07, 6.45) is 0.167. The molecule has 7 heteroatoms. The summed E-state index contributed by atoms with van der Waals surface area (Å²) in [7, 11) is 0. The molecule has 0 fully saturated rings. The SMILES string of the molecule is CC/C(C(=O)O)=C(\Cc1ccc(O)cc1)C(=O)O.[Na].[Na]. The maximum absolute atomic E-state index is 11.1. The van der Waals surface area contributed by atoms with Crippen LogP contribution in [0.25, 0.3) is 0 Å². The van der Waals surface area contributed by atoms with E-state index in [-0.39, 0.29) is 88.9 Å². The van der Waals surface area contributed by atoms with Crippen molar-refractivity contribution in [3.63, 3.8) is 0 Å². The van der Waals surface area contributed by atoms with Gasteiger partial charge in [0.2, 0.25) is 0 Å². The first-order chi connectivity index (χ1) is 8.45. The third-order valence-electron chi connectivity index (χ3n) is 2.55. The Labute approximate surface area is 161 Å². The van der Waals surface area contributed by atoms with Crippen molar-refractivity contribution in [2.45, 2.75) is 19.8 Å². The summed E-state index contributed by atoms with van der Waals surface area (Å²) in [4.78, 5) is 22.1. The van der Waals surface area contributed by atoms with Crippen molar-refractivity contribution in [1.82, 2.24) is 0 Å². The topological polar surface area (TPSA) is 94.8 Å². The molecule has 0 saturated carbocycles. The van der Waals surface area contributed by atoms with Crippen molar-refractivity contribution in [1.29, 1.82) is 0 Å². The molecule has 98 valence electrons. The van der Waals surface area contributed by atoms with E-state index in [4.69, 9.17) is 15.3 Å². The molecule has 0 bridgehead atoms. The number of carboxylic acid groups (broad SMARTS) is 2. The minimum absolute atomic E-state index is 0. The fourth-order valence-electron chi connectivity index (χ4n) is 1.62. The van der Waals surface area contributed by atoms with E-state index < -0.39 is 11.9 Å². The Morgan fingerprint density at radius 1 is 0.950 bits per heavy atom. The standard InChI is InChI=1S/C13H14O5.2Na/c1-2-10(12(15)16)11(13(17)18)7-8-3-5-9(14)6-4-8;;/h3-6,14H,2,7H2,1H3,(H,15,16)(H,17,18);;/b11-10-;;. The van der Waals surface area contributed by atoms with Crippen molar-refractivity contribution >= 4 is 71.1 Å². The molecule has 5 nitrogen and oxygen atoms in total. The molecule has 3 N–H and O–H groups in total. The number of carboxylic acids is 2. The number of hydrogen-bond acceptors (Lipinski definition) is 3. The summed E-state index contributed by atoms with van der Waals surface area (Å²) < 4.78 is 0. The number of phenols is 1. The summed E-state index contributed by atoms with van der Waals surface area (Å²) in [6.45, 7) is 1.60. The molecular formula is C13H14Na2O5. The average Bonchev–Trinajstić information content (AvgIpc) is 2.30. The van der Waals surface area contributed by atoms with Crippen molar-refractivity contribution in [3.8, 4) is 5.75 Å². The molecule has 1 aromatic carbocycles. The molecule has 0 aliphatic carbocycles. The van der Waals surface area contributed by atoms with Crippen molar-refractivity contribution < 1.29 is 24.9 Å². The summed E-state index contributed by atoms with van der Waals surface area (Å²) in [5.74, 6) is -2.37. The monoisotopic (exact) mass is 296 g/mol. The van der Waals surface area contributed by atoms with Crippen molar-refractivity contribution in [3.05, 3.63) is 41.0 Å². The van der Waals surface area contributed by atoms with E-state index in [0.717, 1.165) is 0 Å². The van der Waals surface area contributed by atoms with Crippen molar-refractivity contribution in [2.24, 2.45) is 0 Å².